The van der Waals surface area contributed by atoms with Crippen molar-refractivity contribution in [2.45, 2.75) is 29.6 Å². The molecule has 1 saturated heterocycles. The number of benzene rings is 2. The fourth-order valence-electron chi connectivity index (χ4n) is 3.46. The number of sulfonamides is 2. The highest BCUT2D eigenvalue weighted by Crippen LogP contribution is 2.27. The summed E-state index contributed by atoms with van der Waals surface area (Å²) >= 11 is 5.84. The highest BCUT2D eigenvalue weighted by Gasteiger charge is 2.32. The number of anilines is 1. The molecule has 174 valence electrons. The average molecular weight is 500 g/mol. The summed E-state index contributed by atoms with van der Waals surface area (Å²) in [7, 11) is -4.39. The van der Waals surface area contributed by atoms with E-state index < -0.39 is 20.0 Å². The number of hydrogen-bond donors (Lipinski definition) is 1. The van der Waals surface area contributed by atoms with Crippen molar-refractivity contribution in [3.63, 3.8) is 0 Å². The van der Waals surface area contributed by atoms with Crippen LogP contribution in [0.1, 0.15) is 18.4 Å². The third kappa shape index (κ3) is 5.15. The lowest BCUT2D eigenvalue weighted by molar-refractivity contribution is -0.120. The first-order valence-corrected chi connectivity index (χ1v) is 13.3. The van der Waals surface area contributed by atoms with E-state index in [0.717, 1.165) is 9.87 Å². The van der Waals surface area contributed by atoms with Gasteiger partial charge in [-0.2, -0.15) is 4.31 Å². The highest BCUT2D eigenvalue weighted by atomic mass is 35.5. The number of carbonyl (C=O) groups excluding carboxylic acids is 1. The molecule has 1 aliphatic heterocycles. The Morgan fingerprint density at radius 2 is 1.56 bits per heavy atom. The molecular weight excluding hydrogens is 474 g/mol. The third-order valence-electron chi connectivity index (χ3n) is 5.52. The first-order chi connectivity index (χ1) is 14.9. The van der Waals surface area contributed by atoms with E-state index in [0.29, 0.717) is 23.6 Å². The predicted octanol–water partition coefficient (Wildman–Crippen LogP) is 2.94. The second kappa shape index (κ2) is 9.48. The van der Waals surface area contributed by atoms with Gasteiger partial charge in [-0.25, -0.2) is 21.1 Å². The van der Waals surface area contributed by atoms with Gasteiger partial charge in [0, 0.05) is 43.8 Å². The van der Waals surface area contributed by atoms with Gasteiger partial charge in [-0.3, -0.25) is 4.79 Å². The Hall–Kier alpha value is -1.98. The zero-order valence-electron chi connectivity index (χ0n) is 18.1. The summed E-state index contributed by atoms with van der Waals surface area (Å²) in [4.78, 5) is 13.1. The molecule has 0 aliphatic carbocycles. The lowest BCUT2D eigenvalue weighted by Gasteiger charge is -2.30. The largest absolute Gasteiger partial charge is 0.326 e. The van der Waals surface area contributed by atoms with Gasteiger partial charge in [-0.15, -0.1) is 0 Å². The number of nitrogens with zero attached hydrogens (tertiary/aromatic N) is 2. The molecule has 0 unspecified atom stereocenters. The van der Waals surface area contributed by atoms with Gasteiger partial charge in [0.2, 0.25) is 26.0 Å². The van der Waals surface area contributed by atoms with Crippen LogP contribution in [0, 0.1) is 12.8 Å². The van der Waals surface area contributed by atoms with Gasteiger partial charge in [-0.05, 0) is 61.7 Å². The molecule has 1 aliphatic rings. The zero-order valence-corrected chi connectivity index (χ0v) is 20.5. The molecule has 0 atom stereocenters. The van der Waals surface area contributed by atoms with Crippen molar-refractivity contribution >= 4 is 43.2 Å². The Labute approximate surface area is 194 Å². The van der Waals surface area contributed by atoms with Crippen LogP contribution in [0.3, 0.4) is 0 Å². The number of rotatable bonds is 6. The van der Waals surface area contributed by atoms with E-state index in [2.05, 4.69) is 5.32 Å². The normalized spacial score (nSPS) is 16.3. The van der Waals surface area contributed by atoms with Crippen molar-refractivity contribution in [1.29, 1.82) is 0 Å². The fraction of sp³-hybridized carbons (Fsp3) is 0.381. The maximum atomic E-state index is 12.8. The number of piperidine rings is 1. The van der Waals surface area contributed by atoms with Crippen LogP contribution in [-0.4, -0.2) is 58.5 Å². The topological polar surface area (TPSA) is 104 Å². The number of hydrogen-bond acceptors (Lipinski definition) is 5. The van der Waals surface area contributed by atoms with Crippen LogP contribution in [0.4, 0.5) is 5.69 Å². The second-order valence-electron chi connectivity index (χ2n) is 7.89. The monoisotopic (exact) mass is 499 g/mol. The minimum Gasteiger partial charge on any atom is -0.326 e. The molecule has 11 heteroatoms. The Morgan fingerprint density at radius 3 is 2.12 bits per heavy atom. The van der Waals surface area contributed by atoms with E-state index in [-0.39, 0.29) is 34.7 Å². The highest BCUT2D eigenvalue weighted by molar-refractivity contribution is 7.89. The molecule has 32 heavy (non-hydrogen) atoms. The Bertz CT molecular complexity index is 1200. The molecule has 1 heterocycles. The van der Waals surface area contributed by atoms with Crippen molar-refractivity contribution in [1.82, 2.24) is 8.61 Å². The predicted molar refractivity (Wildman–Crippen MR) is 124 cm³/mol. The number of amides is 1. The van der Waals surface area contributed by atoms with Gasteiger partial charge in [-0.1, -0.05) is 17.7 Å². The van der Waals surface area contributed by atoms with Crippen LogP contribution in [-0.2, 0) is 24.8 Å². The zero-order chi connectivity index (χ0) is 23.7. The lowest BCUT2D eigenvalue weighted by atomic mass is 9.97. The van der Waals surface area contributed by atoms with Crippen molar-refractivity contribution in [3.8, 4) is 0 Å². The van der Waals surface area contributed by atoms with E-state index in [9.17, 15) is 21.6 Å². The molecule has 1 fully saturated rings. The van der Waals surface area contributed by atoms with E-state index in [1.54, 1.807) is 13.0 Å². The molecular formula is C21H26ClN3O5S2. The number of aryl methyl sites for hydroxylation is 1. The molecule has 0 bridgehead atoms. The summed E-state index contributed by atoms with van der Waals surface area (Å²) in [6, 6.07) is 10.6. The molecule has 0 aromatic heterocycles. The molecule has 3 rings (SSSR count). The van der Waals surface area contributed by atoms with Crippen molar-refractivity contribution in [2.75, 3.05) is 32.5 Å². The number of carbonyl (C=O) groups is 1. The van der Waals surface area contributed by atoms with Gasteiger partial charge in [0.05, 0.1) is 9.79 Å². The van der Waals surface area contributed by atoms with E-state index in [4.69, 9.17) is 11.6 Å². The summed E-state index contributed by atoms with van der Waals surface area (Å²) in [5.74, 6) is -0.628. The molecule has 0 saturated carbocycles. The van der Waals surface area contributed by atoms with Gasteiger partial charge in [0.25, 0.3) is 0 Å². The van der Waals surface area contributed by atoms with Crippen LogP contribution >= 0.6 is 11.6 Å². The minimum atomic E-state index is -3.65. The van der Waals surface area contributed by atoms with Crippen molar-refractivity contribution in [3.05, 3.63) is 53.1 Å². The summed E-state index contributed by atoms with van der Waals surface area (Å²) in [5, 5.41) is 3.27. The maximum Gasteiger partial charge on any atom is 0.243 e. The first-order valence-electron chi connectivity index (χ1n) is 10.0. The summed E-state index contributed by atoms with van der Waals surface area (Å²) in [6.07, 6.45) is 0.737. The molecule has 2 aromatic carbocycles. The average Bonchev–Trinajstić information content (AvgIpc) is 2.75. The van der Waals surface area contributed by atoms with Crippen LogP contribution in [0.25, 0.3) is 0 Å². The second-order valence-corrected chi connectivity index (χ2v) is 12.4. The smallest absolute Gasteiger partial charge is 0.243 e. The maximum absolute atomic E-state index is 12.8. The van der Waals surface area contributed by atoms with Crippen LogP contribution in [0.15, 0.2) is 52.3 Å². The van der Waals surface area contributed by atoms with Gasteiger partial charge in [0.1, 0.15) is 0 Å². The van der Waals surface area contributed by atoms with E-state index >= 15 is 0 Å². The minimum absolute atomic E-state index is 0.0901. The Morgan fingerprint density at radius 1 is 1.00 bits per heavy atom. The molecule has 1 amide bonds. The van der Waals surface area contributed by atoms with E-state index in [1.807, 2.05) is 0 Å². The van der Waals surface area contributed by atoms with Crippen LogP contribution in [0.2, 0.25) is 5.02 Å². The van der Waals surface area contributed by atoms with E-state index in [1.165, 1.54) is 54.8 Å². The van der Waals surface area contributed by atoms with Gasteiger partial charge >= 0.3 is 0 Å². The SMILES string of the molecule is Cc1ccc(S(=O)(=O)N(C)C)cc1NC(=O)C1CCN(S(=O)(=O)c2ccc(Cl)cc2)CC1. The number of nitrogens with one attached hydrogen (secondary N) is 1. The quantitative estimate of drug-likeness (QED) is 0.658. The van der Waals surface area contributed by atoms with Crippen molar-refractivity contribution in [2.24, 2.45) is 5.92 Å². The third-order valence-corrected chi connectivity index (χ3v) is 9.50. The van der Waals surface area contributed by atoms with Crippen molar-refractivity contribution < 1.29 is 21.6 Å². The lowest BCUT2D eigenvalue weighted by Crippen LogP contribution is -2.41. The van der Waals surface area contributed by atoms with Gasteiger partial charge < -0.3 is 5.32 Å². The fourth-order valence-corrected chi connectivity index (χ4v) is 5.98. The molecule has 0 radical (unpaired) electrons. The molecule has 8 nitrogen and oxygen atoms in total. The van der Waals surface area contributed by atoms with Crippen LogP contribution < -0.4 is 5.32 Å². The standard InChI is InChI=1S/C21H26ClN3O5S2/c1-15-4-7-19(31(27,28)24(2)3)14-20(15)23-21(26)16-10-12-25(13-11-16)32(29,30)18-8-5-17(22)6-9-18/h4-9,14,16H,10-13H2,1-3H3,(H,23,26). The Balaban J connectivity index is 1.68. The molecule has 0 spiro atoms. The number of halogens is 1. The molecule has 1 N–H and O–H groups in total. The molecule has 2 aromatic rings. The Kier molecular flexibility index (Phi) is 7.31. The summed E-state index contributed by atoms with van der Waals surface area (Å²) in [5.41, 5.74) is 1.16. The first kappa shape index (κ1) is 24.7. The van der Waals surface area contributed by atoms with Crippen LogP contribution in [0.5, 0.6) is 0 Å². The summed E-state index contributed by atoms with van der Waals surface area (Å²) in [6.45, 7) is 2.22. The van der Waals surface area contributed by atoms with Gasteiger partial charge in [0.15, 0.2) is 0 Å². The summed E-state index contributed by atoms with van der Waals surface area (Å²) < 4.78 is 52.9.